The molecule has 1 N–H and O–H groups in total. The molecule has 1 aromatic carbocycles. The molecule has 128 valence electrons. The van der Waals surface area contributed by atoms with Crippen molar-refractivity contribution in [2.24, 2.45) is 0 Å². The molecule has 0 spiro atoms. The summed E-state index contributed by atoms with van der Waals surface area (Å²) < 4.78 is 25.1. The predicted octanol–water partition coefficient (Wildman–Crippen LogP) is 1.93. The van der Waals surface area contributed by atoms with Crippen LogP contribution in [0.3, 0.4) is 0 Å². The van der Waals surface area contributed by atoms with Gasteiger partial charge in [-0.05, 0) is 30.3 Å². The van der Waals surface area contributed by atoms with Crippen LogP contribution >= 0.6 is 11.6 Å². The van der Waals surface area contributed by atoms with Gasteiger partial charge in [-0.15, -0.1) is 0 Å². The van der Waals surface area contributed by atoms with Crippen molar-refractivity contribution in [3.8, 4) is 0 Å². The van der Waals surface area contributed by atoms with Crippen LogP contribution in [0.4, 0.5) is 0 Å². The highest BCUT2D eigenvalue weighted by Gasteiger charge is 2.17. The van der Waals surface area contributed by atoms with E-state index in [2.05, 4.69) is 10.3 Å². The Morgan fingerprint density at radius 1 is 1.25 bits per heavy atom. The Hall–Kier alpha value is -1.96. The lowest BCUT2D eigenvalue weighted by molar-refractivity contribution is 0.0951. The Kier molecular flexibility index (Phi) is 6.30. The van der Waals surface area contributed by atoms with Crippen molar-refractivity contribution in [3.05, 3.63) is 64.9 Å². The number of carbonyl (C=O) groups excluding carboxylic acids is 1. The van der Waals surface area contributed by atoms with Gasteiger partial charge in [0.2, 0.25) is 10.0 Å². The molecule has 0 saturated carbocycles. The number of halogens is 1. The van der Waals surface area contributed by atoms with Gasteiger partial charge in [-0.3, -0.25) is 9.78 Å². The molecule has 0 bridgehead atoms. The Balaban J connectivity index is 1.95. The van der Waals surface area contributed by atoms with E-state index in [0.717, 1.165) is 6.26 Å². The highest BCUT2D eigenvalue weighted by molar-refractivity contribution is 7.88. The van der Waals surface area contributed by atoms with Gasteiger partial charge in [-0.25, -0.2) is 8.42 Å². The number of hydrogen-bond acceptors (Lipinski definition) is 4. The molecule has 8 heteroatoms. The number of pyridine rings is 1. The van der Waals surface area contributed by atoms with E-state index in [1.165, 1.54) is 4.31 Å². The zero-order valence-electron chi connectivity index (χ0n) is 13.1. The quantitative estimate of drug-likeness (QED) is 0.810. The second kappa shape index (κ2) is 8.23. The number of benzene rings is 1. The van der Waals surface area contributed by atoms with Gasteiger partial charge in [0.1, 0.15) is 0 Å². The van der Waals surface area contributed by atoms with Gasteiger partial charge < -0.3 is 5.32 Å². The van der Waals surface area contributed by atoms with E-state index in [1.807, 2.05) is 0 Å². The molecule has 0 atom stereocenters. The zero-order valence-corrected chi connectivity index (χ0v) is 14.7. The van der Waals surface area contributed by atoms with Crippen LogP contribution < -0.4 is 5.32 Å². The fourth-order valence-corrected chi connectivity index (χ4v) is 3.04. The molecule has 1 heterocycles. The third kappa shape index (κ3) is 5.59. The van der Waals surface area contributed by atoms with Crippen molar-refractivity contribution < 1.29 is 13.2 Å². The summed E-state index contributed by atoms with van der Waals surface area (Å²) in [5.74, 6) is -0.302. The first-order chi connectivity index (χ1) is 11.4. The maximum Gasteiger partial charge on any atom is 0.251 e. The average molecular weight is 368 g/mol. The minimum Gasteiger partial charge on any atom is -0.351 e. The number of aromatic nitrogens is 1. The number of hydrogen-bond donors (Lipinski definition) is 1. The fraction of sp³-hybridized carbons (Fsp3) is 0.250. The van der Waals surface area contributed by atoms with Gasteiger partial charge in [-0.1, -0.05) is 23.7 Å². The molecule has 1 aromatic heterocycles. The van der Waals surface area contributed by atoms with Crippen molar-refractivity contribution in [1.29, 1.82) is 0 Å². The SMILES string of the molecule is CS(=O)(=O)N(CCNC(=O)c1cccc(Cl)c1)Cc1ccccn1. The molecule has 1 amide bonds. The summed E-state index contributed by atoms with van der Waals surface area (Å²) >= 11 is 5.85. The van der Waals surface area contributed by atoms with E-state index in [-0.39, 0.29) is 25.5 Å². The Bertz CT molecular complexity index is 797. The standard InChI is InChI=1S/C16H18ClN3O3S/c1-24(22,23)20(12-15-7-2-3-8-18-15)10-9-19-16(21)13-5-4-6-14(17)11-13/h2-8,11H,9-10,12H2,1H3,(H,19,21). The van der Waals surface area contributed by atoms with Crippen LogP contribution in [-0.4, -0.2) is 43.0 Å². The summed E-state index contributed by atoms with van der Waals surface area (Å²) in [6.07, 6.45) is 2.74. The molecule has 0 saturated heterocycles. The molecule has 0 unspecified atom stereocenters. The first-order valence-electron chi connectivity index (χ1n) is 7.25. The highest BCUT2D eigenvalue weighted by atomic mass is 35.5. The Morgan fingerprint density at radius 2 is 2.04 bits per heavy atom. The number of sulfonamides is 1. The summed E-state index contributed by atoms with van der Waals surface area (Å²) in [4.78, 5) is 16.2. The summed E-state index contributed by atoms with van der Waals surface area (Å²) in [7, 11) is -3.41. The molecule has 0 aliphatic rings. The lowest BCUT2D eigenvalue weighted by Gasteiger charge is -2.19. The van der Waals surface area contributed by atoms with Crippen LogP contribution in [0.15, 0.2) is 48.7 Å². The summed E-state index contributed by atoms with van der Waals surface area (Å²) in [6.45, 7) is 0.500. The Morgan fingerprint density at radius 3 is 2.67 bits per heavy atom. The van der Waals surface area contributed by atoms with E-state index in [9.17, 15) is 13.2 Å². The third-order valence-corrected chi connectivity index (χ3v) is 4.75. The van der Waals surface area contributed by atoms with E-state index < -0.39 is 10.0 Å². The van der Waals surface area contributed by atoms with E-state index in [4.69, 9.17) is 11.6 Å². The number of nitrogens with one attached hydrogen (secondary N) is 1. The Labute approximate surface area is 146 Å². The number of carbonyl (C=O) groups is 1. The summed E-state index contributed by atoms with van der Waals surface area (Å²) in [5, 5.41) is 3.16. The number of nitrogens with zero attached hydrogens (tertiary/aromatic N) is 2. The zero-order chi connectivity index (χ0) is 17.6. The topological polar surface area (TPSA) is 79.4 Å². The monoisotopic (exact) mass is 367 g/mol. The van der Waals surface area contributed by atoms with Crippen LogP contribution in [-0.2, 0) is 16.6 Å². The van der Waals surface area contributed by atoms with Gasteiger partial charge in [0, 0.05) is 29.9 Å². The smallest absolute Gasteiger partial charge is 0.251 e. The van der Waals surface area contributed by atoms with E-state index in [0.29, 0.717) is 16.3 Å². The van der Waals surface area contributed by atoms with Crippen molar-refractivity contribution in [2.45, 2.75) is 6.54 Å². The number of rotatable bonds is 7. The van der Waals surface area contributed by atoms with Gasteiger partial charge >= 0.3 is 0 Å². The minimum absolute atomic E-state index is 0.154. The maximum absolute atomic E-state index is 12.0. The molecule has 2 rings (SSSR count). The van der Waals surface area contributed by atoms with Crippen LogP contribution in [0, 0.1) is 0 Å². The van der Waals surface area contributed by atoms with Gasteiger partial charge in [-0.2, -0.15) is 4.31 Å². The lowest BCUT2D eigenvalue weighted by atomic mass is 10.2. The molecule has 0 radical (unpaired) electrons. The molecule has 0 aliphatic carbocycles. The van der Waals surface area contributed by atoms with Crippen molar-refractivity contribution in [2.75, 3.05) is 19.3 Å². The molecular formula is C16H18ClN3O3S. The van der Waals surface area contributed by atoms with E-state index in [1.54, 1.807) is 48.7 Å². The molecular weight excluding hydrogens is 350 g/mol. The van der Waals surface area contributed by atoms with Gasteiger partial charge in [0.25, 0.3) is 5.91 Å². The predicted molar refractivity (Wildman–Crippen MR) is 93.3 cm³/mol. The van der Waals surface area contributed by atoms with Gasteiger partial charge in [0.05, 0.1) is 18.5 Å². The molecule has 24 heavy (non-hydrogen) atoms. The molecule has 6 nitrogen and oxygen atoms in total. The first kappa shape index (κ1) is 18.4. The fourth-order valence-electron chi connectivity index (χ4n) is 2.06. The van der Waals surface area contributed by atoms with E-state index >= 15 is 0 Å². The second-order valence-corrected chi connectivity index (χ2v) is 7.60. The molecule has 2 aromatic rings. The summed E-state index contributed by atoms with van der Waals surface area (Å²) in [5.41, 5.74) is 1.07. The summed E-state index contributed by atoms with van der Waals surface area (Å²) in [6, 6.07) is 11.9. The second-order valence-electron chi connectivity index (χ2n) is 5.18. The maximum atomic E-state index is 12.0. The van der Waals surface area contributed by atoms with Crippen molar-refractivity contribution in [1.82, 2.24) is 14.6 Å². The van der Waals surface area contributed by atoms with Crippen molar-refractivity contribution >= 4 is 27.5 Å². The van der Waals surface area contributed by atoms with Crippen LogP contribution in [0.2, 0.25) is 5.02 Å². The van der Waals surface area contributed by atoms with Crippen LogP contribution in [0.5, 0.6) is 0 Å². The molecule has 0 fully saturated rings. The van der Waals surface area contributed by atoms with Crippen LogP contribution in [0.25, 0.3) is 0 Å². The third-order valence-electron chi connectivity index (χ3n) is 3.27. The normalized spacial score (nSPS) is 11.5. The molecule has 0 aliphatic heterocycles. The van der Waals surface area contributed by atoms with Crippen molar-refractivity contribution in [3.63, 3.8) is 0 Å². The minimum atomic E-state index is -3.41. The largest absolute Gasteiger partial charge is 0.351 e. The van der Waals surface area contributed by atoms with Crippen LogP contribution in [0.1, 0.15) is 16.1 Å². The number of amides is 1. The average Bonchev–Trinajstić information content (AvgIpc) is 2.54. The first-order valence-corrected chi connectivity index (χ1v) is 9.47. The lowest BCUT2D eigenvalue weighted by Crippen LogP contribution is -2.37. The highest BCUT2D eigenvalue weighted by Crippen LogP contribution is 2.10. The van der Waals surface area contributed by atoms with Gasteiger partial charge in [0.15, 0.2) is 0 Å².